The molecule has 2 rings (SSSR count). The average Bonchev–Trinajstić information content (AvgIpc) is 2.63. The minimum Gasteiger partial charge on any atom is -0.506 e. The van der Waals surface area contributed by atoms with Gasteiger partial charge in [-0.05, 0) is 12.1 Å². The molecule has 0 aliphatic carbocycles. The van der Waals surface area contributed by atoms with E-state index in [4.69, 9.17) is 17.2 Å². The molecule has 0 spiro atoms. The van der Waals surface area contributed by atoms with Crippen molar-refractivity contribution in [3.05, 3.63) is 18.3 Å². The van der Waals surface area contributed by atoms with Crippen molar-refractivity contribution in [1.82, 2.24) is 10.2 Å². The molecule has 0 aliphatic rings. The van der Waals surface area contributed by atoms with Gasteiger partial charge in [0.05, 0.1) is 11.7 Å². The summed E-state index contributed by atoms with van der Waals surface area (Å²) in [5.41, 5.74) is 16.7. The fraction of sp³-hybridized carbons (Fsp3) is 0. The molecule has 8 heteroatoms. The summed E-state index contributed by atoms with van der Waals surface area (Å²) in [5, 5.41) is 17.0. The molecule has 0 unspecified atom stereocenters. The summed E-state index contributed by atoms with van der Waals surface area (Å²) in [4.78, 5) is 7.42. The smallest absolute Gasteiger partial charge is 0.223 e. The monoisotopic (exact) mass is 233 g/mol. The van der Waals surface area contributed by atoms with Crippen LogP contribution in [-0.2, 0) is 0 Å². The predicted octanol–water partition coefficient (Wildman–Crippen LogP) is -0.512. The zero-order chi connectivity index (χ0) is 12.4. The number of hydrogen-bond donors (Lipinski definition) is 5. The maximum atomic E-state index is 9.69. The quantitative estimate of drug-likeness (QED) is 0.331. The second-order valence-electron chi connectivity index (χ2n) is 3.30. The number of aromatic amines is 1. The minimum atomic E-state index is -0.201. The van der Waals surface area contributed by atoms with Crippen molar-refractivity contribution >= 4 is 28.5 Å². The maximum absolute atomic E-state index is 9.69. The first-order valence-corrected chi connectivity index (χ1v) is 4.66. The maximum Gasteiger partial charge on any atom is 0.223 e. The summed E-state index contributed by atoms with van der Waals surface area (Å²) < 4.78 is 0. The van der Waals surface area contributed by atoms with Gasteiger partial charge in [0.25, 0.3) is 0 Å². The third-order valence-corrected chi connectivity index (χ3v) is 2.01. The summed E-state index contributed by atoms with van der Waals surface area (Å²) in [6.45, 7) is 0. The van der Waals surface area contributed by atoms with E-state index in [2.05, 4.69) is 20.2 Å². The van der Waals surface area contributed by atoms with Crippen molar-refractivity contribution in [2.75, 3.05) is 0 Å². The van der Waals surface area contributed by atoms with Gasteiger partial charge in [0.2, 0.25) is 5.96 Å². The molecule has 8 nitrogen and oxygen atoms in total. The van der Waals surface area contributed by atoms with E-state index in [1.54, 1.807) is 12.3 Å². The Morgan fingerprint density at radius 2 is 2.06 bits per heavy atom. The van der Waals surface area contributed by atoms with Gasteiger partial charge in [-0.2, -0.15) is 10.1 Å². The predicted molar refractivity (Wildman–Crippen MR) is 64.9 cm³/mol. The summed E-state index contributed by atoms with van der Waals surface area (Å²) in [7, 11) is 0. The van der Waals surface area contributed by atoms with E-state index in [1.807, 2.05) is 0 Å². The Kier molecular flexibility index (Phi) is 2.53. The molecule has 0 radical (unpaired) electrons. The summed E-state index contributed by atoms with van der Waals surface area (Å²) in [6.07, 6.45) is 1.59. The van der Waals surface area contributed by atoms with Gasteiger partial charge in [0.1, 0.15) is 11.4 Å². The average molecular weight is 233 g/mol. The molecule has 0 amide bonds. The molecule has 0 saturated heterocycles. The lowest BCUT2D eigenvalue weighted by Crippen LogP contribution is -2.26. The van der Waals surface area contributed by atoms with Gasteiger partial charge in [-0.25, -0.2) is 4.99 Å². The highest BCUT2D eigenvalue weighted by Crippen LogP contribution is 2.30. The number of guanidine groups is 2. The lowest BCUT2D eigenvalue weighted by molar-refractivity contribution is 0.477. The van der Waals surface area contributed by atoms with Crippen LogP contribution >= 0.6 is 0 Å². The number of nitrogens with one attached hydrogen (secondary N) is 1. The van der Waals surface area contributed by atoms with Crippen LogP contribution in [0.25, 0.3) is 10.9 Å². The van der Waals surface area contributed by atoms with Crippen LogP contribution in [0.1, 0.15) is 0 Å². The number of benzene rings is 1. The van der Waals surface area contributed by atoms with Crippen LogP contribution < -0.4 is 17.2 Å². The van der Waals surface area contributed by atoms with E-state index < -0.39 is 0 Å². The van der Waals surface area contributed by atoms with Crippen molar-refractivity contribution in [3.63, 3.8) is 0 Å². The van der Waals surface area contributed by atoms with Crippen LogP contribution in [-0.4, -0.2) is 27.2 Å². The number of hydrogen-bond acceptors (Lipinski definition) is 3. The van der Waals surface area contributed by atoms with E-state index in [9.17, 15) is 5.11 Å². The van der Waals surface area contributed by atoms with E-state index in [1.165, 1.54) is 6.07 Å². The lowest BCUT2D eigenvalue weighted by atomic mass is 10.2. The van der Waals surface area contributed by atoms with Gasteiger partial charge in [0, 0.05) is 5.39 Å². The molecule has 2 aromatic rings. The Morgan fingerprint density at radius 3 is 2.76 bits per heavy atom. The Bertz CT molecular complexity index is 609. The van der Waals surface area contributed by atoms with E-state index in [0.29, 0.717) is 0 Å². The minimum absolute atomic E-state index is 0.0346. The van der Waals surface area contributed by atoms with Crippen LogP contribution in [0.4, 0.5) is 5.69 Å². The van der Waals surface area contributed by atoms with Crippen molar-refractivity contribution < 1.29 is 5.11 Å². The number of aromatic nitrogens is 2. The van der Waals surface area contributed by atoms with Crippen LogP contribution in [0, 0.1) is 0 Å². The fourth-order valence-electron chi connectivity index (χ4n) is 1.34. The Labute approximate surface area is 95.8 Å². The first kappa shape index (κ1) is 10.7. The number of phenolic OH excluding ortho intramolecular Hbond substituents is 1. The molecule has 0 saturated carbocycles. The third kappa shape index (κ3) is 2.25. The molecular weight excluding hydrogens is 222 g/mol. The van der Waals surface area contributed by atoms with Crippen molar-refractivity contribution in [2.24, 2.45) is 27.2 Å². The van der Waals surface area contributed by atoms with E-state index in [0.717, 1.165) is 10.9 Å². The highest BCUT2D eigenvalue weighted by molar-refractivity contribution is 5.94. The first-order chi connectivity index (χ1) is 8.06. The van der Waals surface area contributed by atoms with Gasteiger partial charge in [-0.15, -0.1) is 0 Å². The van der Waals surface area contributed by atoms with E-state index in [-0.39, 0.29) is 23.4 Å². The van der Waals surface area contributed by atoms with Crippen LogP contribution in [0.2, 0.25) is 0 Å². The molecule has 17 heavy (non-hydrogen) atoms. The van der Waals surface area contributed by atoms with Gasteiger partial charge in [-0.3, -0.25) is 5.10 Å². The normalized spacial score (nSPS) is 11.6. The number of nitrogens with zero attached hydrogens (tertiary/aromatic N) is 3. The molecule has 8 N–H and O–H groups in total. The summed E-state index contributed by atoms with van der Waals surface area (Å²) >= 11 is 0. The second kappa shape index (κ2) is 4.00. The van der Waals surface area contributed by atoms with Crippen molar-refractivity contribution in [2.45, 2.75) is 0 Å². The number of aromatic hydroxyl groups is 1. The highest BCUT2D eigenvalue weighted by Gasteiger charge is 2.05. The SMILES string of the molecule is NC(N)=NC(N)=Nc1cc2[nH]ncc2cc1O. The molecule has 1 aromatic carbocycles. The zero-order valence-electron chi connectivity index (χ0n) is 8.75. The largest absolute Gasteiger partial charge is 0.506 e. The lowest BCUT2D eigenvalue weighted by Gasteiger charge is -2.00. The van der Waals surface area contributed by atoms with Crippen molar-refractivity contribution in [3.8, 4) is 5.75 Å². The van der Waals surface area contributed by atoms with E-state index >= 15 is 0 Å². The summed E-state index contributed by atoms with van der Waals surface area (Å²) in [6, 6.07) is 3.10. The molecule has 1 heterocycles. The zero-order valence-corrected chi connectivity index (χ0v) is 8.75. The van der Waals surface area contributed by atoms with Gasteiger partial charge >= 0.3 is 0 Å². The Hall–Kier alpha value is -2.77. The van der Waals surface area contributed by atoms with Crippen molar-refractivity contribution in [1.29, 1.82) is 0 Å². The third-order valence-electron chi connectivity index (χ3n) is 2.01. The van der Waals surface area contributed by atoms with Gasteiger partial charge in [0.15, 0.2) is 5.96 Å². The van der Waals surface area contributed by atoms with Gasteiger partial charge < -0.3 is 22.3 Å². The molecule has 0 bridgehead atoms. The highest BCUT2D eigenvalue weighted by atomic mass is 16.3. The standard InChI is InChI=1S/C9H11N7O/c10-8(11)15-9(12)14-6-2-5-4(1-7(6)17)3-13-16-5/h1-3,17H,(H,13,16)(H6,10,11,12,14,15). The second-order valence-corrected chi connectivity index (χ2v) is 3.30. The van der Waals surface area contributed by atoms with Crippen LogP contribution in [0.15, 0.2) is 28.3 Å². The van der Waals surface area contributed by atoms with Gasteiger partial charge in [-0.1, -0.05) is 0 Å². The number of H-pyrrole nitrogens is 1. The van der Waals surface area contributed by atoms with Crippen LogP contribution in [0.3, 0.4) is 0 Å². The number of rotatable bonds is 1. The molecular formula is C9H11N7O. The number of fused-ring (bicyclic) bond motifs is 1. The van der Waals surface area contributed by atoms with Crippen LogP contribution in [0.5, 0.6) is 5.75 Å². The molecule has 88 valence electrons. The molecule has 1 aromatic heterocycles. The summed E-state index contributed by atoms with van der Waals surface area (Å²) in [5.74, 6) is -0.375. The number of aliphatic imine (C=N–C) groups is 2. The number of nitrogens with two attached hydrogens (primary N) is 3. The Morgan fingerprint density at radius 1 is 1.29 bits per heavy atom. The molecule has 0 atom stereocenters. The fourth-order valence-corrected chi connectivity index (χ4v) is 1.34. The molecule has 0 aliphatic heterocycles. The number of phenols is 1. The first-order valence-electron chi connectivity index (χ1n) is 4.66. The topological polar surface area (TPSA) is 152 Å². The Balaban J connectivity index is 2.48. The molecule has 0 fully saturated rings.